The molecule has 1 heterocycles. The van der Waals surface area contributed by atoms with Crippen molar-refractivity contribution in [2.45, 2.75) is 131 Å². The molecule has 1 aromatic heterocycles. The van der Waals surface area contributed by atoms with E-state index >= 15 is 0 Å². The Morgan fingerprint density at radius 2 is 0.943 bits per heavy atom. The normalized spacial score (nSPS) is 28.8. The summed E-state index contributed by atoms with van der Waals surface area (Å²) in [6.07, 6.45) is 9.02. The van der Waals surface area contributed by atoms with Gasteiger partial charge >= 0.3 is 0 Å². The highest BCUT2D eigenvalue weighted by Gasteiger charge is 2.48. The van der Waals surface area contributed by atoms with Crippen LogP contribution in [0.3, 0.4) is 0 Å². The SMILES string of the molecule is CC(C)(C)CC(C)(C)Nc1nc(NC2C3CC4CC(C3)CC2C4)nc(NC(C)(C)CC(C)(C)C)n1. The summed E-state index contributed by atoms with van der Waals surface area (Å²) >= 11 is 0. The molecule has 1 aromatic rings. The zero-order valence-corrected chi connectivity index (χ0v) is 24.2. The van der Waals surface area contributed by atoms with Crippen LogP contribution in [0, 0.1) is 34.5 Å². The van der Waals surface area contributed by atoms with Crippen LogP contribution in [-0.4, -0.2) is 32.1 Å². The molecule has 0 aromatic carbocycles. The lowest BCUT2D eigenvalue weighted by molar-refractivity contribution is 0.00728. The Morgan fingerprint density at radius 3 is 1.31 bits per heavy atom. The molecule has 35 heavy (non-hydrogen) atoms. The molecule has 4 bridgehead atoms. The van der Waals surface area contributed by atoms with Gasteiger partial charge in [0.1, 0.15) is 0 Å². The Morgan fingerprint density at radius 1 is 0.571 bits per heavy atom. The maximum atomic E-state index is 4.92. The molecule has 0 amide bonds. The lowest BCUT2D eigenvalue weighted by atomic mass is 9.54. The number of aromatic nitrogens is 3. The molecule has 4 fully saturated rings. The minimum Gasteiger partial charge on any atom is -0.351 e. The Labute approximate surface area is 214 Å². The van der Waals surface area contributed by atoms with Gasteiger partial charge in [0.25, 0.3) is 0 Å². The Hall–Kier alpha value is -1.59. The van der Waals surface area contributed by atoms with Gasteiger partial charge < -0.3 is 16.0 Å². The topological polar surface area (TPSA) is 74.8 Å². The Balaban J connectivity index is 1.58. The third-order valence-electron chi connectivity index (χ3n) is 8.00. The summed E-state index contributed by atoms with van der Waals surface area (Å²) in [4.78, 5) is 14.7. The van der Waals surface area contributed by atoms with Gasteiger partial charge in [0, 0.05) is 17.1 Å². The molecule has 0 atom stereocenters. The van der Waals surface area contributed by atoms with Gasteiger partial charge in [0.05, 0.1) is 0 Å². The summed E-state index contributed by atoms with van der Waals surface area (Å²) in [5.41, 5.74) is 0.164. The highest BCUT2D eigenvalue weighted by Crippen LogP contribution is 2.54. The first-order valence-electron chi connectivity index (χ1n) is 14.0. The van der Waals surface area contributed by atoms with E-state index in [9.17, 15) is 0 Å². The second-order valence-electron chi connectivity index (χ2n) is 15.9. The van der Waals surface area contributed by atoms with Gasteiger partial charge in [-0.3, -0.25) is 0 Å². The standard InChI is InChI=1S/C29H52N6/c1-26(2,3)16-28(7,8)34-24-31-23(32-25(33-24)35-29(9,10)17-27(4,5)6)30-22-20-12-18-11-19(14-20)15-21(22)13-18/h18-22H,11-17H2,1-10H3,(H3,30,31,32,33,34,35). The lowest BCUT2D eigenvalue weighted by Crippen LogP contribution is -2.51. The van der Waals surface area contributed by atoms with Crippen LogP contribution in [0.2, 0.25) is 0 Å². The minimum absolute atomic E-state index is 0.127. The summed E-state index contributed by atoms with van der Waals surface area (Å²) in [7, 11) is 0. The van der Waals surface area contributed by atoms with Crippen LogP contribution in [0.4, 0.5) is 17.8 Å². The van der Waals surface area contributed by atoms with Crippen LogP contribution < -0.4 is 16.0 Å². The zero-order chi connectivity index (χ0) is 25.8. The van der Waals surface area contributed by atoms with Crippen molar-refractivity contribution >= 4 is 17.8 Å². The predicted molar refractivity (Wildman–Crippen MR) is 148 cm³/mol. The molecule has 0 radical (unpaired) electrons. The van der Waals surface area contributed by atoms with Gasteiger partial charge in [0.2, 0.25) is 17.8 Å². The van der Waals surface area contributed by atoms with E-state index in [1.807, 2.05) is 0 Å². The average molecular weight is 485 g/mol. The summed E-state index contributed by atoms with van der Waals surface area (Å²) in [5, 5.41) is 11.1. The third-order valence-corrected chi connectivity index (χ3v) is 8.00. The molecular weight excluding hydrogens is 432 g/mol. The van der Waals surface area contributed by atoms with Gasteiger partial charge in [-0.15, -0.1) is 0 Å². The van der Waals surface area contributed by atoms with Crippen LogP contribution in [0.1, 0.15) is 114 Å². The van der Waals surface area contributed by atoms with Crippen molar-refractivity contribution in [1.29, 1.82) is 0 Å². The quantitative estimate of drug-likeness (QED) is 0.358. The second kappa shape index (κ2) is 9.06. The second-order valence-corrected chi connectivity index (χ2v) is 15.9. The predicted octanol–water partition coefficient (Wildman–Crippen LogP) is 7.36. The summed E-state index contributed by atoms with van der Waals surface area (Å²) < 4.78 is 0. The molecule has 5 rings (SSSR count). The van der Waals surface area contributed by atoms with Crippen LogP contribution in [0.5, 0.6) is 0 Å². The van der Waals surface area contributed by atoms with Gasteiger partial charge in [-0.1, -0.05) is 41.5 Å². The molecule has 4 aliphatic carbocycles. The van der Waals surface area contributed by atoms with E-state index in [2.05, 4.69) is 85.2 Å². The largest absolute Gasteiger partial charge is 0.351 e. The molecule has 6 heteroatoms. The van der Waals surface area contributed by atoms with Crippen LogP contribution in [0.25, 0.3) is 0 Å². The third kappa shape index (κ3) is 7.22. The summed E-state index contributed by atoms with van der Waals surface area (Å²) in [6.45, 7) is 22.7. The molecule has 4 saturated carbocycles. The smallest absolute Gasteiger partial charge is 0.229 e. The number of anilines is 3. The molecule has 0 spiro atoms. The molecule has 198 valence electrons. The first kappa shape index (κ1) is 26.5. The van der Waals surface area contributed by atoms with Crippen molar-refractivity contribution in [2.24, 2.45) is 34.5 Å². The van der Waals surface area contributed by atoms with Crippen molar-refractivity contribution in [3.63, 3.8) is 0 Å². The molecule has 0 saturated heterocycles. The van der Waals surface area contributed by atoms with Crippen molar-refractivity contribution in [3.05, 3.63) is 0 Å². The van der Waals surface area contributed by atoms with Gasteiger partial charge in [-0.05, 0) is 107 Å². The van der Waals surface area contributed by atoms with E-state index < -0.39 is 0 Å². The van der Waals surface area contributed by atoms with Crippen molar-refractivity contribution in [3.8, 4) is 0 Å². The highest BCUT2D eigenvalue weighted by molar-refractivity contribution is 5.45. The fraction of sp³-hybridized carbons (Fsp3) is 0.897. The molecular formula is C29H52N6. The van der Waals surface area contributed by atoms with Crippen molar-refractivity contribution < 1.29 is 0 Å². The number of hydrogen-bond acceptors (Lipinski definition) is 6. The summed E-state index contributed by atoms with van der Waals surface area (Å²) in [6, 6.07) is 0.496. The van der Waals surface area contributed by atoms with Crippen LogP contribution >= 0.6 is 0 Å². The van der Waals surface area contributed by atoms with E-state index in [0.29, 0.717) is 17.9 Å². The molecule has 3 N–H and O–H groups in total. The number of nitrogens with one attached hydrogen (secondary N) is 3. The monoisotopic (exact) mass is 484 g/mol. The maximum absolute atomic E-state index is 4.92. The van der Waals surface area contributed by atoms with E-state index in [4.69, 9.17) is 15.0 Å². The number of nitrogens with zero attached hydrogens (tertiary/aromatic N) is 3. The average Bonchev–Trinajstić information content (AvgIpc) is 2.58. The van der Waals surface area contributed by atoms with E-state index in [0.717, 1.165) is 42.5 Å². The highest BCUT2D eigenvalue weighted by atomic mass is 15.3. The number of hydrogen-bond donors (Lipinski definition) is 3. The molecule has 0 aliphatic heterocycles. The van der Waals surface area contributed by atoms with Gasteiger partial charge in [0.15, 0.2) is 0 Å². The fourth-order valence-electron chi connectivity index (χ4n) is 8.21. The van der Waals surface area contributed by atoms with Crippen molar-refractivity contribution in [1.82, 2.24) is 15.0 Å². The minimum atomic E-state index is -0.127. The first-order chi connectivity index (χ1) is 16.0. The molecule has 6 nitrogen and oxygen atoms in total. The first-order valence-corrected chi connectivity index (χ1v) is 14.0. The fourth-order valence-corrected chi connectivity index (χ4v) is 8.21. The van der Waals surface area contributed by atoms with Gasteiger partial charge in [-0.2, -0.15) is 15.0 Å². The molecule has 0 unspecified atom stereocenters. The lowest BCUT2D eigenvalue weighted by Gasteiger charge is -2.54. The Bertz CT molecular complexity index is 815. The van der Waals surface area contributed by atoms with Crippen molar-refractivity contribution in [2.75, 3.05) is 16.0 Å². The zero-order valence-electron chi connectivity index (χ0n) is 24.2. The maximum Gasteiger partial charge on any atom is 0.229 e. The van der Waals surface area contributed by atoms with E-state index in [1.54, 1.807) is 0 Å². The van der Waals surface area contributed by atoms with Crippen LogP contribution in [0.15, 0.2) is 0 Å². The van der Waals surface area contributed by atoms with E-state index in [1.165, 1.54) is 32.1 Å². The summed E-state index contributed by atoms with van der Waals surface area (Å²) in [5.74, 6) is 5.50. The molecule has 4 aliphatic rings. The van der Waals surface area contributed by atoms with Gasteiger partial charge in [-0.25, -0.2) is 0 Å². The Kier molecular flexibility index (Phi) is 6.85. The van der Waals surface area contributed by atoms with E-state index in [-0.39, 0.29) is 21.9 Å². The van der Waals surface area contributed by atoms with Crippen LogP contribution in [-0.2, 0) is 0 Å². The number of rotatable bonds is 8.